The average molecular weight is 456 g/mol. The van der Waals surface area contributed by atoms with Crippen molar-refractivity contribution < 1.29 is 23.7 Å². The van der Waals surface area contributed by atoms with Gasteiger partial charge in [-0.3, -0.25) is 4.79 Å². The molecule has 0 N–H and O–H groups in total. The van der Waals surface area contributed by atoms with Crippen molar-refractivity contribution in [2.24, 2.45) is 0 Å². The van der Waals surface area contributed by atoms with Crippen LogP contribution in [0.15, 0.2) is 35.4 Å². The first-order valence-electron chi connectivity index (χ1n) is 11.1. The number of methoxy groups -OCH3 is 1. The van der Waals surface area contributed by atoms with Gasteiger partial charge in [0.25, 0.3) is 5.91 Å². The number of carbonyl (C=O) groups is 1. The minimum Gasteiger partial charge on any atom is -0.497 e. The highest BCUT2D eigenvalue weighted by Crippen LogP contribution is 2.49. The quantitative estimate of drug-likeness (QED) is 0.395. The Hall–Kier alpha value is -2.11. The van der Waals surface area contributed by atoms with E-state index in [9.17, 15) is 4.79 Å². The first-order valence-corrected chi connectivity index (χ1v) is 14.6. The summed E-state index contributed by atoms with van der Waals surface area (Å²) in [6.45, 7) is 13.7. The molecule has 0 saturated carbocycles. The molecule has 4 rings (SSSR count). The topological polar surface area (TPSA) is 57.2 Å². The van der Waals surface area contributed by atoms with Crippen LogP contribution < -0.4 is 4.74 Å². The van der Waals surface area contributed by atoms with E-state index in [2.05, 4.69) is 31.1 Å². The maximum atomic E-state index is 13.6. The van der Waals surface area contributed by atoms with E-state index in [1.807, 2.05) is 49.9 Å². The molecule has 3 atom stereocenters. The second-order valence-electron chi connectivity index (χ2n) is 10.2. The number of carbonyl (C=O) groups excluding carboxylic acids is 1. The van der Waals surface area contributed by atoms with E-state index in [1.165, 1.54) is 0 Å². The van der Waals surface area contributed by atoms with Crippen molar-refractivity contribution in [1.82, 2.24) is 4.90 Å². The molecule has 7 heteroatoms. The predicted molar refractivity (Wildman–Crippen MR) is 125 cm³/mol. The molecule has 1 aromatic carbocycles. The number of ether oxygens (including phenoxy) is 4. The molecular formula is C25H33NO5Si. The fourth-order valence-corrected chi connectivity index (χ4v) is 5.13. The second kappa shape index (κ2) is 8.03. The number of amides is 1. The molecule has 1 amide bonds. The van der Waals surface area contributed by atoms with Gasteiger partial charge < -0.3 is 23.8 Å². The molecule has 0 radical (unpaired) electrons. The molecule has 2 fully saturated rings. The minimum absolute atomic E-state index is 0.0334. The third-order valence-electron chi connectivity index (χ3n) is 6.27. The number of rotatable bonds is 4. The van der Waals surface area contributed by atoms with Crippen molar-refractivity contribution in [1.29, 1.82) is 0 Å². The van der Waals surface area contributed by atoms with E-state index in [0.717, 1.165) is 22.5 Å². The van der Waals surface area contributed by atoms with Crippen LogP contribution in [0.4, 0.5) is 0 Å². The molecule has 3 aliphatic heterocycles. The van der Waals surface area contributed by atoms with E-state index >= 15 is 0 Å². The zero-order valence-electron chi connectivity index (χ0n) is 20.1. The molecule has 1 spiro atoms. The van der Waals surface area contributed by atoms with Gasteiger partial charge in [0, 0.05) is 12.1 Å². The summed E-state index contributed by atoms with van der Waals surface area (Å²) in [7, 11) is 0.0959. The van der Waals surface area contributed by atoms with Crippen LogP contribution in [0.2, 0.25) is 19.6 Å². The molecule has 3 aliphatic rings. The van der Waals surface area contributed by atoms with E-state index < -0.39 is 19.5 Å². The number of nitrogens with zero attached hydrogens (tertiary/aromatic N) is 1. The molecule has 2 saturated heterocycles. The van der Waals surface area contributed by atoms with Crippen molar-refractivity contribution in [3.63, 3.8) is 0 Å². The van der Waals surface area contributed by atoms with Crippen molar-refractivity contribution >= 4 is 14.0 Å². The zero-order valence-corrected chi connectivity index (χ0v) is 21.1. The lowest BCUT2D eigenvalue weighted by atomic mass is 9.73. The van der Waals surface area contributed by atoms with Gasteiger partial charge in [-0.1, -0.05) is 37.7 Å². The smallest absolute Gasteiger partial charge is 0.262 e. The summed E-state index contributed by atoms with van der Waals surface area (Å²) in [4.78, 5) is 15.5. The summed E-state index contributed by atoms with van der Waals surface area (Å²) in [6, 6.07) is 7.50. The van der Waals surface area contributed by atoms with Gasteiger partial charge in [0.15, 0.2) is 11.4 Å². The van der Waals surface area contributed by atoms with E-state index in [4.69, 9.17) is 18.9 Å². The number of hydrogen-bond donors (Lipinski definition) is 0. The van der Waals surface area contributed by atoms with Crippen molar-refractivity contribution in [2.75, 3.05) is 20.3 Å². The SMILES string of the molecule is COc1ccc(CN2C(=O)[C@]3(OCC(C#C[Si](C)(C)C)=C3C)[C@@H]2[C@H]2COC(C)(C)O2)cc1. The van der Waals surface area contributed by atoms with Gasteiger partial charge in [-0.15, -0.1) is 5.54 Å². The number of likely N-dealkylation sites (tertiary alicyclic amines) is 1. The highest BCUT2D eigenvalue weighted by molar-refractivity contribution is 6.83. The molecule has 32 heavy (non-hydrogen) atoms. The third kappa shape index (κ3) is 4.01. The standard InChI is InChI=1S/C25H33NO5Si/c1-17-19(12-13-32(5,6)7)15-30-25(17)22(21-16-29-24(2,3)31-21)26(23(25)27)14-18-8-10-20(28-4)11-9-18/h8-11,21-22H,14-16H2,1-7H3/t21-,22+,25-/m1/s1. The molecule has 0 unspecified atom stereocenters. The van der Waals surface area contributed by atoms with Gasteiger partial charge in [0.2, 0.25) is 0 Å². The van der Waals surface area contributed by atoms with Gasteiger partial charge in [-0.25, -0.2) is 0 Å². The van der Waals surface area contributed by atoms with Crippen LogP contribution in [-0.4, -0.2) is 62.7 Å². The van der Waals surface area contributed by atoms with Gasteiger partial charge in [0.1, 0.15) is 26.0 Å². The number of benzene rings is 1. The maximum absolute atomic E-state index is 13.6. The summed E-state index contributed by atoms with van der Waals surface area (Å²) < 4.78 is 23.6. The highest BCUT2D eigenvalue weighted by Gasteiger charge is 2.69. The van der Waals surface area contributed by atoms with Crippen molar-refractivity contribution in [3.8, 4) is 17.2 Å². The lowest BCUT2D eigenvalue weighted by Crippen LogP contribution is -2.77. The lowest BCUT2D eigenvalue weighted by molar-refractivity contribution is -0.213. The van der Waals surface area contributed by atoms with Gasteiger partial charge in [-0.2, -0.15) is 0 Å². The summed E-state index contributed by atoms with van der Waals surface area (Å²) in [5, 5.41) is 0. The van der Waals surface area contributed by atoms with Crippen LogP contribution in [0.3, 0.4) is 0 Å². The van der Waals surface area contributed by atoms with E-state index in [1.54, 1.807) is 7.11 Å². The Morgan fingerprint density at radius 1 is 1.19 bits per heavy atom. The van der Waals surface area contributed by atoms with Crippen LogP contribution in [0.5, 0.6) is 5.75 Å². The molecule has 172 valence electrons. The fraction of sp³-hybridized carbons (Fsp3) is 0.560. The summed E-state index contributed by atoms with van der Waals surface area (Å²) in [5.41, 5.74) is 5.25. The molecule has 0 aliphatic carbocycles. The molecule has 6 nitrogen and oxygen atoms in total. The molecular weight excluding hydrogens is 422 g/mol. The Balaban J connectivity index is 1.67. The fourth-order valence-electron chi connectivity index (χ4n) is 4.60. The van der Waals surface area contributed by atoms with Crippen LogP contribution in [0, 0.1) is 11.5 Å². The van der Waals surface area contributed by atoms with Crippen LogP contribution in [0.1, 0.15) is 26.3 Å². The third-order valence-corrected chi connectivity index (χ3v) is 7.14. The lowest BCUT2D eigenvalue weighted by Gasteiger charge is -2.55. The van der Waals surface area contributed by atoms with Crippen LogP contribution in [0.25, 0.3) is 0 Å². The summed E-state index contributed by atoms with van der Waals surface area (Å²) >= 11 is 0. The molecule has 0 bridgehead atoms. The monoisotopic (exact) mass is 455 g/mol. The first kappa shape index (κ1) is 23.1. The Morgan fingerprint density at radius 2 is 1.88 bits per heavy atom. The Morgan fingerprint density at radius 3 is 2.44 bits per heavy atom. The molecule has 3 heterocycles. The Labute approximate surface area is 191 Å². The minimum atomic E-state index is -1.55. The first-order chi connectivity index (χ1) is 15.0. The van der Waals surface area contributed by atoms with Crippen LogP contribution >= 0.6 is 0 Å². The largest absolute Gasteiger partial charge is 0.497 e. The van der Waals surface area contributed by atoms with Gasteiger partial charge >= 0.3 is 0 Å². The van der Waals surface area contributed by atoms with Gasteiger partial charge in [0.05, 0.1) is 20.3 Å². The van der Waals surface area contributed by atoms with Crippen LogP contribution in [-0.2, 0) is 25.5 Å². The number of β-lactam (4-membered cyclic amide) rings is 1. The molecule has 0 aromatic heterocycles. The normalized spacial score (nSPS) is 29.2. The highest BCUT2D eigenvalue weighted by atomic mass is 28.3. The Kier molecular flexibility index (Phi) is 5.79. The summed E-state index contributed by atoms with van der Waals surface area (Å²) in [5.74, 6) is 3.40. The number of hydrogen-bond acceptors (Lipinski definition) is 5. The van der Waals surface area contributed by atoms with Crippen molar-refractivity contribution in [2.45, 2.75) is 70.5 Å². The zero-order chi connectivity index (χ0) is 23.3. The van der Waals surface area contributed by atoms with E-state index in [0.29, 0.717) is 19.8 Å². The summed E-state index contributed by atoms with van der Waals surface area (Å²) in [6.07, 6.45) is -0.278. The van der Waals surface area contributed by atoms with Gasteiger partial charge in [-0.05, 0) is 44.0 Å². The van der Waals surface area contributed by atoms with Crippen molar-refractivity contribution in [3.05, 3.63) is 41.0 Å². The molecule has 1 aromatic rings. The van der Waals surface area contributed by atoms with E-state index in [-0.39, 0.29) is 18.1 Å². The Bertz CT molecular complexity index is 998. The predicted octanol–water partition coefficient (Wildman–Crippen LogP) is 3.52. The second-order valence-corrected chi connectivity index (χ2v) is 15.0. The maximum Gasteiger partial charge on any atom is 0.262 e. The average Bonchev–Trinajstić information content (AvgIpc) is 3.26.